The quantitative estimate of drug-likeness (QED) is 0.668. The van der Waals surface area contributed by atoms with Crippen LogP contribution < -0.4 is 0 Å². The molecule has 0 aliphatic heterocycles. The first kappa shape index (κ1) is 11.9. The van der Waals surface area contributed by atoms with Gasteiger partial charge in [-0.05, 0) is 49.9 Å². The van der Waals surface area contributed by atoms with Crippen molar-refractivity contribution in [1.82, 2.24) is 0 Å². The van der Waals surface area contributed by atoms with Gasteiger partial charge in [-0.2, -0.15) is 0 Å². The molecule has 0 aromatic carbocycles. The van der Waals surface area contributed by atoms with E-state index in [1.807, 2.05) is 0 Å². The zero-order valence-electron chi connectivity index (χ0n) is 10.8. The molecule has 0 spiro atoms. The van der Waals surface area contributed by atoms with Crippen molar-refractivity contribution in [2.24, 2.45) is 17.3 Å². The number of rotatable bonds is 1. The third kappa shape index (κ3) is 1.75. The van der Waals surface area contributed by atoms with Gasteiger partial charge in [-0.1, -0.05) is 37.6 Å². The molecular weight excluding hydrogens is 196 g/mol. The highest BCUT2D eigenvalue weighted by Crippen LogP contribution is 2.52. The molecule has 0 bridgehead atoms. The molecule has 2 rings (SSSR count). The second kappa shape index (κ2) is 4.03. The Labute approximate surface area is 99.3 Å². The molecule has 0 aromatic heterocycles. The molecule has 4 unspecified atom stereocenters. The first-order chi connectivity index (χ1) is 7.45. The van der Waals surface area contributed by atoms with Crippen molar-refractivity contribution in [3.05, 3.63) is 23.8 Å². The summed E-state index contributed by atoms with van der Waals surface area (Å²) in [5, 5.41) is 10.1. The van der Waals surface area contributed by atoms with E-state index in [0.29, 0.717) is 11.8 Å². The Bertz CT molecular complexity index is 328. The minimum Gasteiger partial charge on any atom is -0.393 e. The average Bonchev–Trinajstić information content (AvgIpc) is 2.24. The molecule has 1 saturated carbocycles. The Kier molecular flexibility index (Phi) is 3.00. The van der Waals surface area contributed by atoms with Gasteiger partial charge in [0.25, 0.3) is 0 Å². The minimum absolute atomic E-state index is 0.119. The lowest BCUT2D eigenvalue weighted by Gasteiger charge is -2.49. The van der Waals surface area contributed by atoms with Crippen molar-refractivity contribution in [3.8, 4) is 0 Å². The summed E-state index contributed by atoms with van der Waals surface area (Å²) in [5.41, 5.74) is 3.09. The zero-order valence-corrected chi connectivity index (χ0v) is 10.8. The number of hydrogen-bond donors (Lipinski definition) is 1. The van der Waals surface area contributed by atoms with Gasteiger partial charge in [0.05, 0.1) is 6.10 Å². The Balaban J connectivity index is 2.29. The summed E-state index contributed by atoms with van der Waals surface area (Å²) in [5.74, 6) is 0.996. The lowest BCUT2D eigenvalue weighted by Crippen LogP contribution is -2.43. The van der Waals surface area contributed by atoms with Crippen LogP contribution in [-0.4, -0.2) is 11.2 Å². The lowest BCUT2D eigenvalue weighted by atomic mass is 9.57. The van der Waals surface area contributed by atoms with Crippen LogP contribution in [0.5, 0.6) is 0 Å². The fraction of sp³-hybridized carbons (Fsp3) is 0.733. The molecule has 0 radical (unpaired) electrons. The third-order valence-corrected chi connectivity index (χ3v) is 5.04. The summed E-state index contributed by atoms with van der Waals surface area (Å²) in [7, 11) is 0. The molecule has 4 atom stereocenters. The molecule has 1 fully saturated rings. The summed E-state index contributed by atoms with van der Waals surface area (Å²) in [4.78, 5) is 0. The molecular formula is C15H24O. The van der Waals surface area contributed by atoms with E-state index < -0.39 is 0 Å². The summed E-state index contributed by atoms with van der Waals surface area (Å²) in [6.45, 7) is 10.8. The average molecular weight is 220 g/mol. The number of aliphatic hydroxyl groups excluding tert-OH is 1. The van der Waals surface area contributed by atoms with Gasteiger partial charge in [-0.3, -0.25) is 0 Å². The van der Waals surface area contributed by atoms with Crippen LogP contribution in [0, 0.1) is 17.3 Å². The molecule has 16 heavy (non-hydrogen) atoms. The van der Waals surface area contributed by atoms with Gasteiger partial charge >= 0.3 is 0 Å². The van der Waals surface area contributed by atoms with Crippen molar-refractivity contribution in [2.75, 3.05) is 0 Å². The van der Waals surface area contributed by atoms with E-state index in [-0.39, 0.29) is 11.5 Å². The smallest absolute Gasteiger partial charge is 0.0577 e. The molecule has 1 heteroatoms. The molecule has 1 nitrogen and oxygen atoms in total. The monoisotopic (exact) mass is 220 g/mol. The van der Waals surface area contributed by atoms with Crippen LogP contribution in [0.15, 0.2) is 23.8 Å². The third-order valence-electron chi connectivity index (χ3n) is 5.04. The van der Waals surface area contributed by atoms with Crippen LogP contribution in [0.25, 0.3) is 0 Å². The summed E-state index contributed by atoms with van der Waals surface area (Å²) in [6.07, 6.45) is 6.66. The molecule has 0 aromatic rings. The van der Waals surface area contributed by atoms with Crippen molar-refractivity contribution in [2.45, 2.75) is 52.6 Å². The fourth-order valence-corrected chi connectivity index (χ4v) is 3.46. The van der Waals surface area contributed by atoms with Gasteiger partial charge in [-0.25, -0.2) is 0 Å². The number of allylic oxidation sites excluding steroid dienone is 3. The topological polar surface area (TPSA) is 20.2 Å². The highest BCUT2D eigenvalue weighted by atomic mass is 16.3. The highest BCUT2D eigenvalue weighted by molar-refractivity contribution is 5.24. The largest absolute Gasteiger partial charge is 0.393 e. The van der Waals surface area contributed by atoms with Gasteiger partial charge in [0, 0.05) is 0 Å². The molecule has 0 heterocycles. The molecule has 1 N–H and O–H groups in total. The molecule has 0 amide bonds. The second-order valence-corrected chi connectivity index (χ2v) is 6.02. The van der Waals surface area contributed by atoms with Gasteiger partial charge in [0.1, 0.15) is 0 Å². The van der Waals surface area contributed by atoms with E-state index in [2.05, 4.69) is 33.4 Å². The van der Waals surface area contributed by atoms with Crippen LogP contribution in [-0.2, 0) is 0 Å². The van der Waals surface area contributed by atoms with Gasteiger partial charge in [0.15, 0.2) is 0 Å². The Morgan fingerprint density at radius 1 is 1.56 bits per heavy atom. The van der Waals surface area contributed by atoms with Crippen LogP contribution in [0.2, 0.25) is 0 Å². The predicted molar refractivity (Wildman–Crippen MR) is 68.1 cm³/mol. The first-order valence-electron chi connectivity index (χ1n) is 6.48. The Hall–Kier alpha value is -0.560. The van der Waals surface area contributed by atoms with E-state index in [4.69, 9.17) is 0 Å². The zero-order chi connectivity index (χ0) is 11.9. The molecule has 2 aliphatic carbocycles. The Morgan fingerprint density at radius 3 is 2.88 bits per heavy atom. The standard InChI is InChI=1S/C15H24O/c1-10(2)12-5-6-13-7-8-14(16)11(3)15(13,4)9-12/h6,11-12,14,16H,1,5,7-9H2,2-4H3. The van der Waals surface area contributed by atoms with Gasteiger partial charge in [0.2, 0.25) is 0 Å². The first-order valence-corrected chi connectivity index (χ1v) is 6.48. The maximum absolute atomic E-state index is 10.1. The maximum atomic E-state index is 10.1. The van der Waals surface area contributed by atoms with Crippen LogP contribution in [0.4, 0.5) is 0 Å². The van der Waals surface area contributed by atoms with E-state index in [1.165, 1.54) is 12.0 Å². The summed E-state index contributed by atoms with van der Waals surface area (Å²) < 4.78 is 0. The van der Waals surface area contributed by atoms with E-state index in [0.717, 1.165) is 19.3 Å². The van der Waals surface area contributed by atoms with Crippen molar-refractivity contribution in [3.63, 3.8) is 0 Å². The molecule has 2 aliphatic rings. The molecule has 0 saturated heterocycles. The van der Waals surface area contributed by atoms with Crippen LogP contribution >= 0.6 is 0 Å². The second-order valence-electron chi connectivity index (χ2n) is 6.02. The van der Waals surface area contributed by atoms with E-state index >= 15 is 0 Å². The predicted octanol–water partition coefficient (Wildman–Crippen LogP) is 3.70. The van der Waals surface area contributed by atoms with Crippen LogP contribution in [0.3, 0.4) is 0 Å². The van der Waals surface area contributed by atoms with E-state index in [9.17, 15) is 5.11 Å². The number of hydrogen-bond acceptors (Lipinski definition) is 1. The number of fused-ring (bicyclic) bond motifs is 1. The van der Waals surface area contributed by atoms with E-state index in [1.54, 1.807) is 5.57 Å². The highest BCUT2D eigenvalue weighted by Gasteiger charge is 2.44. The SMILES string of the molecule is C=C(C)C1CC=C2CCC(O)C(C)C2(C)C1. The summed E-state index contributed by atoms with van der Waals surface area (Å²) >= 11 is 0. The fourth-order valence-electron chi connectivity index (χ4n) is 3.46. The number of aliphatic hydroxyl groups is 1. The summed E-state index contributed by atoms with van der Waals surface area (Å²) in [6, 6.07) is 0. The van der Waals surface area contributed by atoms with Crippen LogP contribution in [0.1, 0.15) is 46.5 Å². The maximum Gasteiger partial charge on any atom is 0.0577 e. The normalized spacial score (nSPS) is 43.5. The lowest BCUT2D eigenvalue weighted by molar-refractivity contribution is 0.0109. The minimum atomic E-state index is -0.119. The van der Waals surface area contributed by atoms with Gasteiger partial charge in [-0.15, -0.1) is 0 Å². The van der Waals surface area contributed by atoms with Crippen molar-refractivity contribution < 1.29 is 5.11 Å². The van der Waals surface area contributed by atoms with Crippen molar-refractivity contribution in [1.29, 1.82) is 0 Å². The Morgan fingerprint density at radius 2 is 2.25 bits per heavy atom. The van der Waals surface area contributed by atoms with Gasteiger partial charge < -0.3 is 5.11 Å². The molecule has 90 valence electrons. The van der Waals surface area contributed by atoms with Crippen molar-refractivity contribution >= 4 is 0 Å².